The average molecular weight is 329 g/mol. The van der Waals surface area contributed by atoms with Crippen LogP contribution in [0.1, 0.15) is 24.8 Å². The molecule has 2 saturated heterocycles. The third kappa shape index (κ3) is 2.89. The van der Waals surface area contributed by atoms with Gasteiger partial charge in [0.05, 0.1) is 12.8 Å². The van der Waals surface area contributed by atoms with E-state index in [0.29, 0.717) is 24.4 Å². The van der Waals surface area contributed by atoms with Crippen LogP contribution >= 0.6 is 0 Å². The molecule has 1 spiro atoms. The van der Waals surface area contributed by atoms with Crippen LogP contribution in [0, 0.1) is 11.3 Å². The first-order valence-corrected chi connectivity index (χ1v) is 8.25. The summed E-state index contributed by atoms with van der Waals surface area (Å²) < 4.78 is 5.23. The number of methoxy groups -OCH3 is 1. The molecule has 0 saturated carbocycles. The topological polar surface area (TPSA) is 81.5 Å². The highest BCUT2D eigenvalue weighted by atomic mass is 16.5. The van der Waals surface area contributed by atoms with Crippen LogP contribution in [0.3, 0.4) is 0 Å². The summed E-state index contributed by atoms with van der Waals surface area (Å²) in [5, 5.41) is 12.5. The van der Waals surface area contributed by atoms with E-state index in [1.165, 1.54) is 7.11 Å². The molecule has 1 aromatic heterocycles. The number of anilines is 1. The minimum atomic E-state index is -0.0549. The number of aromatic nitrogens is 1. The number of amides is 1. The van der Waals surface area contributed by atoms with Crippen LogP contribution in [0.15, 0.2) is 12.3 Å². The van der Waals surface area contributed by atoms with Crippen molar-refractivity contribution in [2.75, 3.05) is 45.2 Å². The lowest BCUT2D eigenvalue weighted by atomic mass is 9.86. The van der Waals surface area contributed by atoms with E-state index in [1.54, 1.807) is 6.20 Å². The van der Waals surface area contributed by atoms with E-state index in [1.807, 2.05) is 6.07 Å². The van der Waals surface area contributed by atoms with Gasteiger partial charge in [-0.05, 0) is 26.0 Å². The minimum absolute atomic E-state index is 0.0549. The smallest absolute Gasteiger partial charge is 0.233 e. The Morgan fingerprint density at radius 3 is 3.00 bits per heavy atom. The van der Waals surface area contributed by atoms with Gasteiger partial charge in [0.2, 0.25) is 11.8 Å². The number of nitrogens with zero attached hydrogens (tertiary/aromatic N) is 4. The Balaban J connectivity index is 1.91. The SMILES string of the molecule is COc1nccc(N2CCN(C)[C@]3(CCNC(=O)CC3)C2)c1C#N. The fraction of sp³-hybridized carbons (Fsp3) is 0.588. The molecule has 2 aliphatic heterocycles. The summed E-state index contributed by atoms with van der Waals surface area (Å²) >= 11 is 0. The summed E-state index contributed by atoms with van der Waals surface area (Å²) in [6.07, 6.45) is 3.97. The molecular formula is C17H23N5O2. The number of nitriles is 1. The molecule has 0 bridgehead atoms. The second kappa shape index (κ2) is 6.65. The van der Waals surface area contributed by atoms with Gasteiger partial charge in [-0.1, -0.05) is 0 Å². The largest absolute Gasteiger partial charge is 0.480 e. The Kier molecular flexibility index (Phi) is 4.58. The molecule has 24 heavy (non-hydrogen) atoms. The van der Waals surface area contributed by atoms with Gasteiger partial charge in [-0.3, -0.25) is 9.69 Å². The molecule has 0 unspecified atom stereocenters. The van der Waals surface area contributed by atoms with Gasteiger partial charge in [0.1, 0.15) is 11.6 Å². The highest BCUT2D eigenvalue weighted by Crippen LogP contribution is 2.35. The molecule has 1 N–H and O–H groups in total. The zero-order valence-corrected chi connectivity index (χ0v) is 14.2. The van der Waals surface area contributed by atoms with Crippen LogP contribution in [-0.4, -0.2) is 61.7 Å². The molecule has 3 rings (SSSR count). The van der Waals surface area contributed by atoms with Gasteiger partial charge >= 0.3 is 0 Å². The average Bonchev–Trinajstić information content (AvgIpc) is 2.79. The lowest BCUT2D eigenvalue weighted by Crippen LogP contribution is -2.61. The summed E-state index contributed by atoms with van der Waals surface area (Å²) in [5.41, 5.74) is 1.28. The maximum atomic E-state index is 11.7. The summed E-state index contributed by atoms with van der Waals surface area (Å²) in [6, 6.07) is 4.10. The number of carbonyl (C=O) groups excluding carboxylic acids is 1. The molecule has 7 heteroatoms. The van der Waals surface area contributed by atoms with Crippen molar-refractivity contribution >= 4 is 11.6 Å². The first-order valence-electron chi connectivity index (χ1n) is 8.25. The quantitative estimate of drug-likeness (QED) is 0.862. The summed E-state index contributed by atoms with van der Waals surface area (Å²) in [6.45, 7) is 3.22. The zero-order chi connectivity index (χ0) is 17.2. The molecule has 0 aromatic carbocycles. The van der Waals surface area contributed by atoms with Crippen molar-refractivity contribution in [2.45, 2.75) is 24.8 Å². The molecule has 1 atom stereocenters. The van der Waals surface area contributed by atoms with E-state index in [0.717, 1.165) is 38.2 Å². The number of rotatable bonds is 2. The van der Waals surface area contributed by atoms with Crippen LogP contribution in [0.4, 0.5) is 5.69 Å². The van der Waals surface area contributed by atoms with Crippen molar-refractivity contribution < 1.29 is 9.53 Å². The van der Waals surface area contributed by atoms with E-state index in [2.05, 4.69) is 33.2 Å². The van der Waals surface area contributed by atoms with Gasteiger partial charge < -0.3 is 15.0 Å². The van der Waals surface area contributed by atoms with Crippen LogP contribution in [-0.2, 0) is 4.79 Å². The number of nitrogens with one attached hydrogen (secondary N) is 1. The molecule has 1 aromatic rings. The van der Waals surface area contributed by atoms with Crippen molar-refractivity contribution in [2.24, 2.45) is 0 Å². The third-order valence-corrected chi connectivity index (χ3v) is 5.27. The molecule has 0 aliphatic carbocycles. The number of piperazine rings is 1. The molecule has 2 aliphatic rings. The van der Waals surface area contributed by atoms with E-state index < -0.39 is 0 Å². The maximum absolute atomic E-state index is 11.7. The van der Waals surface area contributed by atoms with Crippen molar-refractivity contribution in [3.8, 4) is 11.9 Å². The predicted molar refractivity (Wildman–Crippen MR) is 89.9 cm³/mol. The van der Waals surface area contributed by atoms with Gasteiger partial charge in [-0.2, -0.15) is 5.26 Å². The van der Waals surface area contributed by atoms with E-state index in [9.17, 15) is 10.1 Å². The zero-order valence-electron chi connectivity index (χ0n) is 14.2. The normalized spacial score (nSPS) is 25.0. The van der Waals surface area contributed by atoms with Crippen LogP contribution in [0.25, 0.3) is 0 Å². The number of likely N-dealkylation sites (N-methyl/N-ethyl adjacent to an activating group) is 1. The maximum Gasteiger partial charge on any atom is 0.233 e. The monoisotopic (exact) mass is 329 g/mol. The lowest BCUT2D eigenvalue weighted by molar-refractivity contribution is -0.120. The Hall–Kier alpha value is -2.33. The Morgan fingerprint density at radius 2 is 2.25 bits per heavy atom. The number of carbonyl (C=O) groups is 1. The van der Waals surface area contributed by atoms with Crippen molar-refractivity contribution in [3.05, 3.63) is 17.8 Å². The molecular weight excluding hydrogens is 306 g/mol. The standard InChI is InChI=1S/C17H23N5O2/c1-21-9-10-22(12-17(21)5-3-15(23)19-8-6-17)14-4-7-20-16(24-2)13(14)11-18/h4,7H,3,5-6,8-10,12H2,1-2H3,(H,19,23)/t17-/m1/s1. The third-order valence-electron chi connectivity index (χ3n) is 5.27. The van der Waals surface area contributed by atoms with Gasteiger partial charge in [0.15, 0.2) is 0 Å². The van der Waals surface area contributed by atoms with Crippen molar-refractivity contribution in [1.82, 2.24) is 15.2 Å². The molecule has 128 valence electrons. The molecule has 0 radical (unpaired) electrons. The number of ether oxygens (including phenoxy) is 1. The summed E-state index contributed by atoms with van der Waals surface area (Å²) in [7, 11) is 3.66. The van der Waals surface area contributed by atoms with Gasteiger partial charge in [-0.25, -0.2) is 4.98 Å². The number of hydrogen-bond donors (Lipinski definition) is 1. The van der Waals surface area contributed by atoms with Crippen LogP contribution in [0.2, 0.25) is 0 Å². The molecule has 7 nitrogen and oxygen atoms in total. The van der Waals surface area contributed by atoms with Crippen LogP contribution < -0.4 is 15.0 Å². The van der Waals surface area contributed by atoms with Crippen molar-refractivity contribution in [1.29, 1.82) is 5.26 Å². The molecule has 1 amide bonds. The second-order valence-electron chi connectivity index (χ2n) is 6.49. The molecule has 2 fully saturated rings. The van der Waals surface area contributed by atoms with Gasteiger partial charge in [-0.15, -0.1) is 0 Å². The summed E-state index contributed by atoms with van der Waals surface area (Å²) in [5.74, 6) is 0.487. The predicted octanol–water partition coefficient (Wildman–Crippen LogP) is 0.753. The summed E-state index contributed by atoms with van der Waals surface area (Å²) in [4.78, 5) is 20.5. The number of hydrogen-bond acceptors (Lipinski definition) is 6. The van der Waals surface area contributed by atoms with E-state index >= 15 is 0 Å². The first kappa shape index (κ1) is 16.5. The first-order chi connectivity index (χ1) is 11.6. The van der Waals surface area contributed by atoms with Gasteiger partial charge in [0, 0.05) is 44.3 Å². The fourth-order valence-corrected chi connectivity index (χ4v) is 3.76. The Morgan fingerprint density at radius 1 is 1.42 bits per heavy atom. The highest BCUT2D eigenvalue weighted by molar-refractivity contribution is 5.76. The van der Waals surface area contributed by atoms with Crippen molar-refractivity contribution in [3.63, 3.8) is 0 Å². The van der Waals surface area contributed by atoms with E-state index in [-0.39, 0.29) is 11.4 Å². The van der Waals surface area contributed by atoms with Gasteiger partial charge in [0.25, 0.3) is 0 Å². The van der Waals surface area contributed by atoms with E-state index in [4.69, 9.17) is 4.74 Å². The minimum Gasteiger partial charge on any atom is -0.480 e. The highest BCUT2D eigenvalue weighted by Gasteiger charge is 2.41. The fourth-order valence-electron chi connectivity index (χ4n) is 3.76. The second-order valence-corrected chi connectivity index (χ2v) is 6.49. The Bertz CT molecular complexity index is 671. The Labute approximate surface area is 142 Å². The van der Waals surface area contributed by atoms with Crippen LogP contribution in [0.5, 0.6) is 5.88 Å². The number of pyridine rings is 1. The molecule has 3 heterocycles. The lowest BCUT2D eigenvalue weighted by Gasteiger charge is -2.50.